The Morgan fingerprint density at radius 3 is 2.31 bits per heavy atom. The summed E-state index contributed by atoms with van der Waals surface area (Å²) in [6, 6.07) is 18.8. The highest BCUT2D eigenvalue weighted by atomic mass is 79.9. The van der Waals surface area contributed by atoms with Gasteiger partial charge in [0.05, 0.1) is 10.7 Å². The second-order valence-corrected chi connectivity index (χ2v) is 12.4. The van der Waals surface area contributed by atoms with Gasteiger partial charge < -0.3 is 10.1 Å². The van der Waals surface area contributed by atoms with Crippen molar-refractivity contribution < 1.29 is 17.9 Å². The van der Waals surface area contributed by atoms with Gasteiger partial charge in [-0.1, -0.05) is 51.3 Å². The highest BCUT2D eigenvalue weighted by Crippen LogP contribution is 2.35. The Kier molecular flexibility index (Phi) is 8.32. The topological polar surface area (TPSA) is 75.7 Å². The molecule has 0 aromatic heterocycles. The minimum absolute atomic E-state index is 0.0307. The van der Waals surface area contributed by atoms with Crippen LogP contribution in [0.1, 0.15) is 28.8 Å². The Labute approximate surface area is 229 Å². The van der Waals surface area contributed by atoms with Gasteiger partial charge in [-0.15, -0.1) is 0 Å². The SMILES string of the molecule is CN(c1ccc(Cl)cc1)S(=O)(=O)c1cc(C(=O)NCC2(c3ccc(Br)cc3)CCOCC2)ccc1Cl. The maximum absolute atomic E-state index is 13.3. The summed E-state index contributed by atoms with van der Waals surface area (Å²) < 4.78 is 34.4. The van der Waals surface area contributed by atoms with Crippen molar-refractivity contribution in [3.05, 3.63) is 92.4 Å². The number of anilines is 1. The molecule has 36 heavy (non-hydrogen) atoms. The summed E-state index contributed by atoms with van der Waals surface area (Å²) in [6.45, 7) is 1.60. The van der Waals surface area contributed by atoms with Gasteiger partial charge in [-0.3, -0.25) is 9.10 Å². The number of benzene rings is 3. The van der Waals surface area contributed by atoms with E-state index in [1.807, 2.05) is 12.1 Å². The molecule has 0 aliphatic carbocycles. The summed E-state index contributed by atoms with van der Waals surface area (Å²) >= 11 is 15.7. The van der Waals surface area contributed by atoms with Crippen LogP contribution >= 0.6 is 39.1 Å². The zero-order valence-electron chi connectivity index (χ0n) is 19.5. The van der Waals surface area contributed by atoms with Gasteiger partial charge in [0.25, 0.3) is 15.9 Å². The average molecular weight is 612 g/mol. The molecule has 1 amide bonds. The van der Waals surface area contributed by atoms with Crippen molar-refractivity contribution in [1.29, 1.82) is 0 Å². The highest BCUT2D eigenvalue weighted by Gasteiger charge is 2.35. The van der Waals surface area contributed by atoms with E-state index in [0.29, 0.717) is 30.5 Å². The Balaban J connectivity index is 1.57. The third-order valence-corrected chi connectivity index (χ3v) is 9.56. The van der Waals surface area contributed by atoms with Gasteiger partial charge in [0.15, 0.2) is 0 Å². The molecule has 190 valence electrons. The Hall–Kier alpha value is -2.10. The summed E-state index contributed by atoms with van der Waals surface area (Å²) in [5.41, 5.74) is 1.48. The summed E-state index contributed by atoms with van der Waals surface area (Å²) in [5.74, 6) is -0.375. The lowest BCUT2D eigenvalue weighted by atomic mass is 9.74. The quantitative estimate of drug-likeness (QED) is 0.352. The fourth-order valence-corrected chi connectivity index (χ4v) is 6.35. The number of amides is 1. The number of sulfonamides is 1. The van der Waals surface area contributed by atoms with E-state index in [9.17, 15) is 13.2 Å². The van der Waals surface area contributed by atoms with Crippen molar-refractivity contribution >= 4 is 60.7 Å². The van der Waals surface area contributed by atoms with Crippen LogP contribution < -0.4 is 9.62 Å². The van der Waals surface area contributed by atoms with Crippen LogP contribution in [-0.2, 0) is 20.2 Å². The number of hydrogen-bond acceptors (Lipinski definition) is 4. The largest absolute Gasteiger partial charge is 0.381 e. The van der Waals surface area contributed by atoms with Crippen LogP contribution in [0.3, 0.4) is 0 Å². The molecule has 1 aliphatic heterocycles. The molecular formula is C26H25BrCl2N2O4S. The zero-order valence-corrected chi connectivity index (χ0v) is 23.4. The van der Waals surface area contributed by atoms with Gasteiger partial charge in [0.2, 0.25) is 0 Å². The van der Waals surface area contributed by atoms with E-state index >= 15 is 0 Å². The van der Waals surface area contributed by atoms with E-state index in [1.54, 1.807) is 24.3 Å². The van der Waals surface area contributed by atoms with E-state index in [2.05, 4.69) is 33.4 Å². The van der Waals surface area contributed by atoms with Crippen LogP contribution in [0.5, 0.6) is 0 Å². The van der Waals surface area contributed by atoms with Gasteiger partial charge in [-0.2, -0.15) is 0 Å². The number of rotatable bonds is 7. The van der Waals surface area contributed by atoms with E-state index in [1.165, 1.54) is 25.2 Å². The molecule has 1 saturated heterocycles. The van der Waals surface area contributed by atoms with E-state index in [0.717, 1.165) is 27.2 Å². The molecule has 0 atom stereocenters. The van der Waals surface area contributed by atoms with Crippen LogP contribution in [-0.4, -0.2) is 41.1 Å². The second-order valence-electron chi connectivity index (χ2n) is 8.68. The molecule has 0 bridgehead atoms. The number of hydrogen-bond donors (Lipinski definition) is 1. The Morgan fingerprint density at radius 1 is 1.03 bits per heavy atom. The molecule has 3 aromatic carbocycles. The molecule has 3 aromatic rings. The van der Waals surface area contributed by atoms with Gasteiger partial charge in [-0.05, 0) is 73.0 Å². The molecule has 1 aliphatic rings. The first-order valence-corrected chi connectivity index (χ1v) is 14.3. The first-order chi connectivity index (χ1) is 17.1. The molecule has 0 radical (unpaired) electrons. The predicted molar refractivity (Wildman–Crippen MR) is 147 cm³/mol. The van der Waals surface area contributed by atoms with Crippen molar-refractivity contribution in [3.63, 3.8) is 0 Å². The third-order valence-electron chi connectivity index (χ3n) is 6.52. The lowest BCUT2D eigenvalue weighted by Gasteiger charge is -2.38. The Bertz CT molecular complexity index is 1340. The molecule has 0 unspecified atom stereocenters. The maximum atomic E-state index is 13.3. The van der Waals surface area contributed by atoms with E-state index in [4.69, 9.17) is 27.9 Å². The highest BCUT2D eigenvalue weighted by molar-refractivity contribution is 9.10. The number of nitrogens with one attached hydrogen (secondary N) is 1. The minimum atomic E-state index is -4.03. The average Bonchev–Trinajstić information content (AvgIpc) is 2.88. The van der Waals surface area contributed by atoms with Crippen LogP contribution in [0.25, 0.3) is 0 Å². The number of carbonyl (C=O) groups is 1. The van der Waals surface area contributed by atoms with Crippen molar-refractivity contribution in [2.45, 2.75) is 23.2 Å². The Morgan fingerprint density at radius 2 is 1.67 bits per heavy atom. The van der Waals surface area contributed by atoms with Crippen LogP contribution in [0.4, 0.5) is 5.69 Å². The lowest BCUT2D eigenvalue weighted by Crippen LogP contribution is -2.44. The first kappa shape index (κ1) is 26.9. The summed E-state index contributed by atoms with van der Waals surface area (Å²) in [6.07, 6.45) is 1.53. The van der Waals surface area contributed by atoms with Crippen molar-refractivity contribution in [2.75, 3.05) is 31.1 Å². The summed E-state index contributed by atoms with van der Waals surface area (Å²) in [7, 11) is -2.60. The molecule has 0 saturated carbocycles. The molecular weight excluding hydrogens is 587 g/mol. The zero-order chi connectivity index (χ0) is 25.9. The maximum Gasteiger partial charge on any atom is 0.265 e. The molecule has 1 fully saturated rings. The number of halogens is 3. The van der Waals surface area contributed by atoms with E-state index in [-0.39, 0.29) is 26.8 Å². The van der Waals surface area contributed by atoms with Crippen LogP contribution in [0.2, 0.25) is 10.0 Å². The third kappa shape index (κ3) is 5.73. The number of ether oxygens (including phenoxy) is 1. The van der Waals surface area contributed by atoms with Crippen molar-refractivity contribution in [3.8, 4) is 0 Å². The summed E-state index contributed by atoms with van der Waals surface area (Å²) in [4.78, 5) is 13.0. The predicted octanol–water partition coefficient (Wildman–Crippen LogP) is 6.06. The standard InChI is InChI=1S/C26H25BrCl2N2O4S/c1-31(22-9-7-21(28)8-10-22)36(33,34)24-16-18(2-11-23(24)29)25(32)30-17-26(12-14-35-15-13-26)19-3-5-20(27)6-4-19/h2-11,16H,12-15,17H2,1H3,(H,30,32). The van der Waals surface area contributed by atoms with Gasteiger partial charge in [-0.25, -0.2) is 8.42 Å². The van der Waals surface area contributed by atoms with Crippen molar-refractivity contribution in [2.24, 2.45) is 0 Å². The van der Waals surface area contributed by atoms with Crippen LogP contribution in [0.15, 0.2) is 76.1 Å². The normalized spacial score (nSPS) is 15.3. The molecule has 10 heteroatoms. The second kappa shape index (κ2) is 11.1. The molecule has 1 heterocycles. The lowest BCUT2D eigenvalue weighted by molar-refractivity contribution is 0.0487. The monoisotopic (exact) mass is 610 g/mol. The summed E-state index contributed by atoms with van der Waals surface area (Å²) in [5, 5.41) is 3.54. The minimum Gasteiger partial charge on any atom is -0.381 e. The van der Waals surface area contributed by atoms with E-state index < -0.39 is 10.0 Å². The molecule has 6 nitrogen and oxygen atoms in total. The van der Waals surface area contributed by atoms with Gasteiger partial charge >= 0.3 is 0 Å². The van der Waals surface area contributed by atoms with Gasteiger partial charge in [0.1, 0.15) is 4.90 Å². The van der Waals surface area contributed by atoms with Crippen molar-refractivity contribution in [1.82, 2.24) is 5.32 Å². The fourth-order valence-electron chi connectivity index (χ4n) is 4.26. The molecule has 0 spiro atoms. The number of carbonyl (C=O) groups excluding carboxylic acids is 1. The van der Waals surface area contributed by atoms with Gasteiger partial charge in [0, 0.05) is 47.3 Å². The fraction of sp³-hybridized carbons (Fsp3) is 0.269. The smallest absolute Gasteiger partial charge is 0.265 e. The molecule has 4 rings (SSSR count). The first-order valence-electron chi connectivity index (χ1n) is 11.3. The van der Waals surface area contributed by atoms with Crippen LogP contribution in [0, 0.1) is 0 Å². The number of nitrogens with zero attached hydrogens (tertiary/aromatic N) is 1. The molecule has 1 N–H and O–H groups in total.